The summed E-state index contributed by atoms with van der Waals surface area (Å²) in [5, 5.41) is 43.1. The second-order valence-corrected chi connectivity index (χ2v) is 15.5. The van der Waals surface area contributed by atoms with Gasteiger partial charge >= 0.3 is 0 Å². The van der Waals surface area contributed by atoms with Crippen LogP contribution in [0.25, 0.3) is 56.0 Å². The first-order chi connectivity index (χ1) is 29.3. The van der Waals surface area contributed by atoms with Crippen molar-refractivity contribution < 1.29 is 14.7 Å². The molecule has 6 heterocycles. The molecule has 3 N–H and O–H groups in total. The maximum atomic E-state index is 12.8. The van der Waals surface area contributed by atoms with Gasteiger partial charge in [0, 0.05) is 60.7 Å². The Labute approximate surface area is 345 Å². The fraction of sp³-hybridized carbons (Fsp3) is 0.273. The van der Waals surface area contributed by atoms with Crippen LogP contribution in [0.4, 0.5) is 0 Å². The van der Waals surface area contributed by atoms with Gasteiger partial charge in [0.25, 0.3) is 11.8 Å². The van der Waals surface area contributed by atoms with Crippen LogP contribution < -0.4 is 0 Å². The molecule has 2 saturated heterocycles. The first-order valence-electron chi connectivity index (χ1n) is 20.1. The van der Waals surface area contributed by atoms with Gasteiger partial charge in [0.15, 0.2) is 0 Å². The van der Waals surface area contributed by atoms with Gasteiger partial charge in [-0.25, -0.2) is 9.36 Å². The summed E-state index contributed by atoms with van der Waals surface area (Å²) in [4.78, 5) is 31.5. The van der Waals surface area contributed by atoms with Gasteiger partial charge in [-0.05, 0) is 99.9 Å². The SMILES string of the molecule is CN(C)C1CCN(C(=O)c2ccc(-n3cc(-c4n[nH]c5ccccc45)nn3)cc2)C1.O=C(c1ccc(-n2cc(-c3n[nH]c4ccccc34)nn2)cc1)N1CCC(CO)CC1. The number of aromatic amines is 2. The number of likely N-dealkylation sites (N-methyl/N-ethyl adjacent to an activating group) is 1. The highest BCUT2D eigenvalue weighted by atomic mass is 16.3. The third-order valence-electron chi connectivity index (χ3n) is 11.5. The van der Waals surface area contributed by atoms with E-state index in [0.717, 1.165) is 76.9 Å². The number of carbonyl (C=O) groups is 2. The lowest BCUT2D eigenvalue weighted by atomic mass is 9.97. The summed E-state index contributed by atoms with van der Waals surface area (Å²) in [5.74, 6) is 0.415. The summed E-state index contributed by atoms with van der Waals surface area (Å²) in [5.41, 5.74) is 7.83. The Kier molecular flexibility index (Phi) is 10.7. The van der Waals surface area contributed by atoms with E-state index in [4.69, 9.17) is 0 Å². The molecule has 2 amide bonds. The van der Waals surface area contributed by atoms with Crippen molar-refractivity contribution >= 4 is 33.6 Å². The third-order valence-corrected chi connectivity index (χ3v) is 11.5. The lowest BCUT2D eigenvalue weighted by Gasteiger charge is -2.31. The number of carbonyl (C=O) groups excluding carboxylic acids is 2. The number of hydrogen-bond donors (Lipinski definition) is 3. The second-order valence-electron chi connectivity index (χ2n) is 15.5. The first kappa shape index (κ1) is 38.5. The lowest BCUT2D eigenvalue weighted by molar-refractivity contribution is 0.0650. The molecule has 10 rings (SSSR count). The highest BCUT2D eigenvalue weighted by molar-refractivity contribution is 5.95. The van der Waals surface area contributed by atoms with Crippen LogP contribution in [-0.4, -0.2) is 135 Å². The quantitative estimate of drug-likeness (QED) is 0.184. The van der Waals surface area contributed by atoms with E-state index in [2.05, 4.69) is 60.0 Å². The van der Waals surface area contributed by atoms with Gasteiger partial charge in [-0.2, -0.15) is 10.2 Å². The predicted molar refractivity (Wildman–Crippen MR) is 227 cm³/mol. The molecule has 0 spiro atoms. The summed E-state index contributed by atoms with van der Waals surface area (Å²) in [7, 11) is 4.12. The molecule has 16 nitrogen and oxygen atoms in total. The number of H-pyrrole nitrogens is 2. The van der Waals surface area contributed by atoms with E-state index in [9.17, 15) is 14.7 Å². The zero-order valence-corrected chi connectivity index (χ0v) is 33.4. The van der Waals surface area contributed by atoms with E-state index in [1.165, 1.54) is 0 Å². The number of nitrogens with zero attached hydrogens (tertiary/aromatic N) is 11. The van der Waals surface area contributed by atoms with Crippen LogP contribution in [0.5, 0.6) is 0 Å². The van der Waals surface area contributed by atoms with Crippen LogP contribution in [0.2, 0.25) is 0 Å². The average Bonchev–Trinajstić information content (AvgIpc) is 4.16. The Bertz CT molecular complexity index is 2740. The number of nitrogens with one attached hydrogen (secondary N) is 2. The standard InChI is InChI=1S/C22H23N7O.C22H22N6O2/c1-27(2)17-11-12-28(13-17)22(30)15-7-9-16(10-8-15)29-14-20(24-26-29)21-18-5-3-4-6-19(18)23-25-21;29-14-15-9-11-27(12-10-15)22(30)16-5-7-17(8-6-16)28-13-20(24-26-28)21-18-3-1-2-4-19(18)23-25-21/h3-10,14,17H,11-13H2,1-2H3,(H,23,25);1-8,13,15,29H,9-12,14H2,(H,23,25). The number of para-hydroxylation sites is 2. The van der Waals surface area contributed by atoms with Crippen LogP contribution in [0.3, 0.4) is 0 Å². The normalized spacial score (nSPS) is 15.8. The van der Waals surface area contributed by atoms with Crippen molar-refractivity contribution in [1.82, 2.24) is 65.1 Å². The van der Waals surface area contributed by atoms with Crippen LogP contribution in [0, 0.1) is 5.92 Å². The first-order valence-corrected chi connectivity index (χ1v) is 20.1. The molecule has 4 aromatic carbocycles. The molecule has 1 unspecified atom stereocenters. The number of aliphatic hydroxyl groups is 1. The maximum Gasteiger partial charge on any atom is 0.253 e. The fourth-order valence-corrected chi connectivity index (χ4v) is 7.86. The minimum absolute atomic E-state index is 0.0280. The van der Waals surface area contributed by atoms with E-state index in [-0.39, 0.29) is 18.4 Å². The predicted octanol–water partition coefficient (Wildman–Crippen LogP) is 5.24. The van der Waals surface area contributed by atoms with E-state index in [1.54, 1.807) is 9.36 Å². The number of aliphatic hydroxyl groups excluding tert-OH is 1. The summed E-state index contributed by atoms with van der Waals surface area (Å²) in [6.07, 6.45) is 6.40. The van der Waals surface area contributed by atoms with Gasteiger partial charge in [0.2, 0.25) is 0 Å². The summed E-state index contributed by atoms with van der Waals surface area (Å²) in [6, 6.07) is 31.1. The molecule has 8 aromatic rings. The molecular formula is C44H45N13O3. The van der Waals surface area contributed by atoms with Crippen LogP contribution in [-0.2, 0) is 0 Å². The largest absolute Gasteiger partial charge is 0.396 e. The lowest BCUT2D eigenvalue weighted by Crippen LogP contribution is -2.39. The molecule has 16 heteroatoms. The molecule has 0 aliphatic carbocycles. The Morgan fingerprint density at radius 3 is 1.58 bits per heavy atom. The van der Waals surface area contributed by atoms with Crippen molar-refractivity contribution in [2.75, 3.05) is 46.9 Å². The molecular weight excluding hydrogens is 759 g/mol. The number of fused-ring (bicyclic) bond motifs is 2. The molecule has 2 aliphatic rings. The van der Waals surface area contributed by atoms with Crippen molar-refractivity contribution in [3.8, 4) is 34.2 Å². The Morgan fingerprint density at radius 2 is 1.12 bits per heavy atom. The highest BCUT2D eigenvalue weighted by Gasteiger charge is 2.28. The molecule has 2 aliphatic heterocycles. The zero-order valence-electron chi connectivity index (χ0n) is 33.4. The fourth-order valence-electron chi connectivity index (χ4n) is 7.86. The van der Waals surface area contributed by atoms with E-state index in [0.29, 0.717) is 47.6 Å². The number of amides is 2. The summed E-state index contributed by atoms with van der Waals surface area (Å²) in [6.45, 7) is 3.15. The van der Waals surface area contributed by atoms with E-state index in [1.807, 2.05) is 119 Å². The van der Waals surface area contributed by atoms with Crippen molar-refractivity contribution in [2.24, 2.45) is 5.92 Å². The third kappa shape index (κ3) is 7.77. The smallest absolute Gasteiger partial charge is 0.253 e. The average molecular weight is 804 g/mol. The molecule has 0 radical (unpaired) electrons. The van der Waals surface area contributed by atoms with Gasteiger partial charge in [0.1, 0.15) is 22.8 Å². The van der Waals surface area contributed by atoms with Gasteiger partial charge in [-0.1, -0.05) is 46.8 Å². The van der Waals surface area contributed by atoms with Crippen LogP contribution in [0.1, 0.15) is 40.0 Å². The second kappa shape index (κ2) is 16.7. The van der Waals surface area contributed by atoms with Gasteiger partial charge in [0.05, 0.1) is 34.8 Å². The van der Waals surface area contributed by atoms with Crippen LogP contribution in [0.15, 0.2) is 109 Å². The molecule has 4 aromatic heterocycles. The van der Waals surface area contributed by atoms with Crippen molar-refractivity contribution in [1.29, 1.82) is 0 Å². The van der Waals surface area contributed by atoms with Gasteiger partial charge < -0.3 is 19.8 Å². The molecule has 0 saturated carbocycles. The molecule has 60 heavy (non-hydrogen) atoms. The number of rotatable bonds is 8. The number of hydrogen-bond acceptors (Lipinski definition) is 10. The van der Waals surface area contributed by atoms with Crippen LogP contribution >= 0.6 is 0 Å². The maximum absolute atomic E-state index is 12.8. The summed E-state index contributed by atoms with van der Waals surface area (Å²) < 4.78 is 3.38. The molecule has 2 fully saturated rings. The number of aromatic nitrogens is 10. The minimum atomic E-state index is 0.0280. The van der Waals surface area contributed by atoms with Gasteiger partial charge in [-0.15, -0.1) is 10.2 Å². The number of benzene rings is 4. The Morgan fingerprint density at radius 1 is 0.650 bits per heavy atom. The van der Waals surface area contributed by atoms with Crippen molar-refractivity contribution in [2.45, 2.75) is 25.3 Å². The van der Waals surface area contributed by atoms with E-state index >= 15 is 0 Å². The Hall–Kier alpha value is -7.04. The summed E-state index contributed by atoms with van der Waals surface area (Å²) >= 11 is 0. The highest BCUT2D eigenvalue weighted by Crippen LogP contribution is 2.27. The number of piperidine rings is 1. The Balaban J connectivity index is 0.000000154. The number of likely N-dealkylation sites (tertiary alicyclic amines) is 2. The minimum Gasteiger partial charge on any atom is -0.396 e. The molecule has 304 valence electrons. The van der Waals surface area contributed by atoms with Crippen molar-refractivity contribution in [3.05, 3.63) is 121 Å². The monoisotopic (exact) mass is 803 g/mol. The van der Waals surface area contributed by atoms with E-state index < -0.39 is 0 Å². The topological polar surface area (TPSA) is 183 Å². The molecule has 1 atom stereocenters. The molecule has 0 bridgehead atoms. The zero-order chi connectivity index (χ0) is 41.2. The van der Waals surface area contributed by atoms with Gasteiger partial charge in [-0.3, -0.25) is 19.8 Å². The van der Waals surface area contributed by atoms with Crippen molar-refractivity contribution in [3.63, 3.8) is 0 Å².